The second-order valence-electron chi connectivity index (χ2n) is 6.27. The van der Waals surface area contributed by atoms with Crippen molar-refractivity contribution in [1.29, 1.82) is 0 Å². The van der Waals surface area contributed by atoms with Gasteiger partial charge in [-0.1, -0.05) is 0 Å². The summed E-state index contributed by atoms with van der Waals surface area (Å²) in [5.74, 6) is -3.31. The van der Waals surface area contributed by atoms with Crippen molar-refractivity contribution in [2.24, 2.45) is 0 Å². The summed E-state index contributed by atoms with van der Waals surface area (Å²) < 4.78 is 28.6. The van der Waals surface area contributed by atoms with Gasteiger partial charge in [-0.05, 0) is 34.6 Å². The maximum absolute atomic E-state index is 12.0. The van der Waals surface area contributed by atoms with E-state index in [1.807, 2.05) is 6.92 Å². The number of ether oxygens (including phenoxy) is 5. The lowest BCUT2D eigenvalue weighted by molar-refractivity contribution is -0.272. The van der Waals surface area contributed by atoms with Crippen molar-refractivity contribution in [3.8, 4) is 0 Å². The van der Waals surface area contributed by atoms with Crippen LogP contribution in [0.3, 0.4) is 0 Å². The second-order valence-corrected chi connectivity index (χ2v) is 6.27. The van der Waals surface area contributed by atoms with E-state index >= 15 is 0 Å². The quantitative estimate of drug-likeness (QED) is 0.732. The van der Waals surface area contributed by atoms with Gasteiger partial charge >= 0.3 is 0 Å². The predicted molar refractivity (Wildman–Crippen MR) is 70.0 cm³/mol. The van der Waals surface area contributed by atoms with Gasteiger partial charge in [0, 0.05) is 14.0 Å². The number of carbonyl (C=O) groups is 1. The third-order valence-electron chi connectivity index (χ3n) is 3.71. The van der Waals surface area contributed by atoms with Crippen LogP contribution in [0.5, 0.6) is 0 Å². The smallest absolute Gasteiger partial charge is 0.261 e. The Morgan fingerprint density at radius 2 is 1.85 bits per heavy atom. The average Bonchev–Trinajstić information content (AvgIpc) is 2.70. The van der Waals surface area contributed by atoms with E-state index in [1.165, 1.54) is 6.92 Å². The SMILES string of the molecule is COC(C)(C)OC1C2OC(C)(C)OC2(C(C)=O)O[C@H]1C. The van der Waals surface area contributed by atoms with Gasteiger partial charge in [-0.25, -0.2) is 0 Å². The predicted octanol–water partition coefficient (Wildman–Crippen LogP) is 1.61. The van der Waals surface area contributed by atoms with Crippen molar-refractivity contribution in [2.45, 2.75) is 77.2 Å². The van der Waals surface area contributed by atoms with Crippen LogP contribution in [0, 0.1) is 0 Å². The van der Waals surface area contributed by atoms with E-state index in [4.69, 9.17) is 23.7 Å². The summed E-state index contributed by atoms with van der Waals surface area (Å²) in [7, 11) is 1.56. The molecular formula is C14H24O6. The Bertz CT molecular complexity index is 404. The van der Waals surface area contributed by atoms with Gasteiger partial charge in [0.15, 0.2) is 23.5 Å². The number of ketones is 1. The Balaban J connectivity index is 2.30. The molecule has 2 saturated heterocycles. The molecule has 0 aromatic heterocycles. The van der Waals surface area contributed by atoms with Crippen molar-refractivity contribution < 1.29 is 28.5 Å². The van der Waals surface area contributed by atoms with Crippen LogP contribution in [-0.4, -0.2) is 48.6 Å². The van der Waals surface area contributed by atoms with Crippen molar-refractivity contribution >= 4 is 5.78 Å². The molecule has 0 aliphatic carbocycles. The fraction of sp³-hybridized carbons (Fsp3) is 0.929. The van der Waals surface area contributed by atoms with E-state index in [0.717, 1.165) is 0 Å². The van der Waals surface area contributed by atoms with E-state index in [0.29, 0.717) is 0 Å². The lowest BCUT2D eigenvalue weighted by Crippen LogP contribution is -2.48. The highest BCUT2D eigenvalue weighted by Gasteiger charge is 2.67. The van der Waals surface area contributed by atoms with Crippen molar-refractivity contribution in [2.75, 3.05) is 7.11 Å². The highest BCUT2D eigenvalue weighted by molar-refractivity contribution is 5.85. The first-order valence-corrected chi connectivity index (χ1v) is 6.83. The molecule has 6 heteroatoms. The van der Waals surface area contributed by atoms with Crippen LogP contribution in [0.4, 0.5) is 0 Å². The summed E-state index contributed by atoms with van der Waals surface area (Å²) in [6, 6.07) is 0. The Morgan fingerprint density at radius 3 is 2.35 bits per heavy atom. The third-order valence-corrected chi connectivity index (χ3v) is 3.71. The number of rotatable bonds is 4. The van der Waals surface area contributed by atoms with Gasteiger partial charge in [0.1, 0.15) is 6.10 Å². The fourth-order valence-electron chi connectivity index (χ4n) is 2.68. The largest absolute Gasteiger partial charge is 0.354 e. The first kappa shape index (κ1) is 15.9. The Kier molecular flexibility index (Phi) is 3.76. The second kappa shape index (κ2) is 4.74. The van der Waals surface area contributed by atoms with Crippen LogP contribution in [0.25, 0.3) is 0 Å². The summed E-state index contributed by atoms with van der Waals surface area (Å²) in [5.41, 5.74) is 0. The van der Waals surface area contributed by atoms with E-state index in [1.54, 1.807) is 34.8 Å². The zero-order valence-corrected chi connectivity index (χ0v) is 13.2. The van der Waals surface area contributed by atoms with Crippen LogP contribution in [0.1, 0.15) is 41.5 Å². The van der Waals surface area contributed by atoms with Crippen molar-refractivity contribution in [3.05, 3.63) is 0 Å². The lowest BCUT2D eigenvalue weighted by atomic mass is 10.0. The summed E-state index contributed by atoms with van der Waals surface area (Å²) in [6.45, 7) is 10.4. The van der Waals surface area contributed by atoms with Crippen molar-refractivity contribution in [1.82, 2.24) is 0 Å². The van der Waals surface area contributed by atoms with E-state index in [2.05, 4.69) is 0 Å². The Hall–Kier alpha value is -0.530. The van der Waals surface area contributed by atoms with E-state index in [-0.39, 0.29) is 11.9 Å². The zero-order chi connectivity index (χ0) is 15.3. The highest BCUT2D eigenvalue weighted by atomic mass is 16.9. The molecule has 3 unspecified atom stereocenters. The molecule has 0 aromatic carbocycles. The van der Waals surface area contributed by atoms with E-state index < -0.39 is 29.6 Å². The first-order chi connectivity index (χ1) is 9.03. The first-order valence-electron chi connectivity index (χ1n) is 6.83. The molecule has 0 saturated carbocycles. The standard InChI is InChI=1S/C14H24O6/c1-8-10(18-12(3,4)16-7)11-14(17-8,9(2)15)20-13(5,6)19-11/h8,10-11H,1-7H3/t8-,10?,11?,14?/m0/s1. The van der Waals surface area contributed by atoms with Crippen LogP contribution in [0.2, 0.25) is 0 Å². The minimum atomic E-state index is -1.39. The molecule has 2 rings (SSSR count). The van der Waals surface area contributed by atoms with E-state index in [9.17, 15) is 4.79 Å². The summed E-state index contributed by atoms with van der Waals surface area (Å²) in [6.07, 6.45) is -1.40. The summed E-state index contributed by atoms with van der Waals surface area (Å²) in [5, 5.41) is 0. The number of fused-ring (bicyclic) bond motifs is 1. The number of hydrogen-bond donors (Lipinski definition) is 0. The van der Waals surface area contributed by atoms with Crippen LogP contribution >= 0.6 is 0 Å². The molecule has 4 atom stereocenters. The number of methoxy groups -OCH3 is 1. The molecule has 2 heterocycles. The molecular weight excluding hydrogens is 264 g/mol. The van der Waals surface area contributed by atoms with Crippen LogP contribution in [0.15, 0.2) is 0 Å². The van der Waals surface area contributed by atoms with Gasteiger partial charge in [-0.2, -0.15) is 0 Å². The molecule has 0 bridgehead atoms. The monoisotopic (exact) mass is 288 g/mol. The Morgan fingerprint density at radius 1 is 1.25 bits per heavy atom. The maximum atomic E-state index is 12.0. The van der Waals surface area contributed by atoms with Gasteiger partial charge in [-0.3, -0.25) is 4.79 Å². The average molecular weight is 288 g/mol. The minimum absolute atomic E-state index is 0.221. The maximum Gasteiger partial charge on any atom is 0.261 e. The molecule has 0 spiro atoms. The zero-order valence-electron chi connectivity index (χ0n) is 13.2. The van der Waals surface area contributed by atoms with Gasteiger partial charge in [0.25, 0.3) is 5.79 Å². The van der Waals surface area contributed by atoms with Crippen molar-refractivity contribution in [3.63, 3.8) is 0 Å². The summed E-state index contributed by atoms with van der Waals surface area (Å²) >= 11 is 0. The topological polar surface area (TPSA) is 63.2 Å². The number of Topliss-reactive ketones (excluding diaryl/α,β-unsaturated/α-hetero) is 1. The Labute approximate surface area is 119 Å². The minimum Gasteiger partial charge on any atom is -0.354 e. The third kappa shape index (κ3) is 2.51. The molecule has 0 N–H and O–H groups in total. The molecule has 0 radical (unpaired) electrons. The molecule has 0 aromatic rings. The van der Waals surface area contributed by atoms with Gasteiger partial charge in [0.05, 0.1) is 6.10 Å². The number of hydrogen-bond acceptors (Lipinski definition) is 6. The van der Waals surface area contributed by atoms with Crippen LogP contribution in [-0.2, 0) is 28.5 Å². The number of carbonyl (C=O) groups excluding carboxylic acids is 1. The van der Waals surface area contributed by atoms with Gasteiger partial charge in [0.2, 0.25) is 0 Å². The fourth-order valence-corrected chi connectivity index (χ4v) is 2.68. The molecule has 2 aliphatic rings. The molecule has 6 nitrogen and oxygen atoms in total. The van der Waals surface area contributed by atoms with Gasteiger partial charge < -0.3 is 23.7 Å². The molecule has 0 amide bonds. The van der Waals surface area contributed by atoms with Gasteiger partial charge in [-0.15, -0.1) is 0 Å². The van der Waals surface area contributed by atoms with Crippen LogP contribution < -0.4 is 0 Å². The normalized spacial score (nSPS) is 39.9. The highest BCUT2D eigenvalue weighted by Crippen LogP contribution is 2.47. The molecule has 2 fully saturated rings. The lowest BCUT2D eigenvalue weighted by Gasteiger charge is -2.31. The molecule has 116 valence electrons. The summed E-state index contributed by atoms with van der Waals surface area (Å²) in [4.78, 5) is 12.0. The molecule has 2 aliphatic heterocycles. The molecule has 20 heavy (non-hydrogen) atoms.